The number of rotatable bonds is 3. The minimum Gasteiger partial charge on any atom is -0.478 e. The van der Waals surface area contributed by atoms with Crippen LogP contribution in [-0.4, -0.2) is 20.9 Å². The average molecular weight is 228 g/mol. The Hall–Kier alpha value is -2.10. The van der Waals surface area contributed by atoms with Gasteiger partial charge in [-0.2, -0.15) is 5.10 Å². The predicted octanol–water partition coefficient (Wildman–Crippen LogP) is 2.45. The zero-order valence-corrected chi connectivity index (χ0v) is 9.21. The fourth-order valence-electron chi connectivity index (χ4n) is 1.92. The smallest absolute Gasteiger partial charge is 0.337 e. The SMILES string of the molecule is O=C(O)c1ccccc1-n1ccc(C2CC2)n1. The summed E-state index contributed by atoms with van der Waals surface area (Å²) >= 11 is 0. The van der Waals surface area contributed by atoms with Crippen LogP contribution in [0.3, 0.4) is 0 Å². The molecule has 17 heavy (non-hydrogen) atoms. The summed E-state index contributed by atoms with van der Waals surface area (Å²) in [6, 6.07) is 8.87. The predicted molar refractivity (Wildman–Crippen MR) is 62.5 cm³/mol. The van der Waals surface area contributed by atoms with Crippen LogP contribution in [0.5, 0.6) is 0 Å². The van der Waals surface area contributed by atoms with E-state index in [0.29, 0.717) is 11.6 Å². The Kier molecular flexibility index (Phi) is 2.21. The standard InChI is InChI=1S/C13H12N2O2/c16-13(17)10-3-1-2-4-12(10)15-8-7-11(14-15)9-5-6-9/h1-4,7-9H,5-6H2,(H,16,17). The normalized spacial score (nSPS) is 14.8. The number of aromatic carboxylic acids is 1. The molecule has 1 saturated carbocycles. The van der Waals surface area contributed by atoms with E-state index in [-0.39, 0.29) is 5.56 Å². The maximum Gasteiger partial charge on any atom is 0.337 e. The fraction of sp³-hybridized carbons (Fsp3) is 0.231. The fourth-order valence-corrected chi connectivity index (χ4v) is 1.92. The first-order chi connectivity index (χ1) is 8.25. The number of aromatic nitrogens is 2. The molecule has 4 heteroatoms. The van der Waals surface area contributed by atoms with E-state index in [1.165, 1.54) is 12.8 Å². The van der Waals surface area contributed by atoms with Crippen LogP contribution in [0.4, 0.5) is 0 Å². The van der Waals surface area contributed by atoms with Crippen molar-refractivity contribution in [3.05, 3.63) is 47.8 Å². The number of hydrogen-bond donors (Lipinski definition) is 1. The monoisotopic (exact) mass is 228 g/mol. The molecule has 1 fully saturated rings. The maximum absolute atomic E-state index is 11.1. The van der Waals surface area contributed by atoms with Crippen molar-refractivity contribution in [1.82, 2.24) is 9.78 Å². The Morgan fingerprint density at radius 3 is 2.76 bits per heavy atom. The lowest BCUT2D eigenvalue weighted by Crippen LogP contribution is -2.05. The van der Waals surface area contributed by atoms with Gasteiger partial charge in [-0.05, 0) is 31.0 Å². The van der Waals surface area contributed by atoms with Crippen molar-refractivity contribution in [2.24, 2.45) is 0 Å². The van der Waals surface area contributed by atoms with Gasteiger partial charge in [0.1, 0.15) is 0 Å². The quantitative estimate of drug-likeness (QED) is 0.877. The third-order valence-corrected chi connectivity index (χ3v) is 2.99. The van der Waals surface area contributed by atoms with Gasteiger partial charge in [0.2, 0.25) is 0 Å². The minimum atomic E-state index is -0.927. The molecule has 86 valence electrons. The molecule has 3 rings (SSSR count). The summed E-state index contributed by atoms with van der Waals surface area (Å²) in [5.41, 5.74) is 1.95. The number of carboxylic acid groups (broad SMARTS) is 1. The second-order valence-corrected chi connectivity index (χ2v) is 4.28. The van der Waals surface area contributed by atoms with Crippen LogP contribution in [0.15, 0.2) is 36.5 Å². The summed E-state index contributed by atoms with van der Waals surface area (Å²) in [6.07, 6.45) is 4.21. The van der Waals surface area contributed by atoms with Crippen LogP contribution in [-0.2, 0) is 0 Å². The van der Waals surface area contributed by atoms with Crippen LogP contribution in [0, 0.1) is 0 Å². The van der Waals surface area contributed by atoms with Crippen molar-refractivity contribution >= 4 is 5.97 Å². The van der Waals surface area contributed by atoms with Crippen LogP contribution in [0.1, 0.15) is 34.8 Å². The summed E-state index contributed by atoms with van der Waals surface area (Å²) < 4.78 is 1.65. The van der Waals surface area contributed by atoms with E-state index in [1.54, 1.807) is 22.9 Å². The Morgan fingerprint density at radius 1 is 1.29 bits per heavy atom. The number of carbonyl (C=O) groups is 1. The molecule has 1 heterocycles. The van der Waals surface area contributed by atoms with Crippen LogP contribution in [0.2, 0.25) is 0 Å². The maximum atomic E-state index is 11.1. The molecular formula is C13H12N2O2. The van der Waals surface area contributed by atoms with Gasteiger partial charge in [-0.15, -0.1) is 0 Å². The zero-order valence-electron chi connectivity index (χ0n) is 9.21. The Bertz CT molecular complexity index is 570. The summed E-state index contributed by atoms with van der Waals surface area (Å²) in [5, 5.41) is 13.6. The number of carboxylic acids is 1. The molecular weight excluding hydrogens is 216 g/mol. The molecule has 0 bridgehead atoms. The third-order valence-electron chi connectivity index (χ3n) is 2.99. The van der Waals surface area contributed by atoms with Gasteiger partial charge in [0.05, 0.1) is 16.9 Å². The number of nitrogens with zero attached hydrogens (tertiary/aromatic N) is 2. The van der Waals surface area contributed by atoms with Gasteiger partial charge in [-0.1, -0.05) is 12.1 Å². The van der Waals surface area contributed by atoms with Crippen LogP contribution < -0.4 is 0 Å². The molecule has 0 atom stereocenters. The first-order valence-electron chi connectivity index (χ1n) is 5.64. The van der Waals surface area contributed by atoms with Crippen LogP contribution in [0.25, 0.3) is 5.69 Å². The molecule has 1 aromatic heterocycles. The van der Waals surface area contributed by atoms with Gasteiger partial charge in [-0.3, -0.25) is 0 Å². The van der Waals surface area contributed by atoms with Gasteiger partial charge < -0.3 is 5.11 Å². The van der Waals surface area contributed by atoms with Crippen molar-refractivity contribution in [1.29, 1.82) is 0 Å². The van der Waals surface area contributed by atoms with Gasteiger partial charge in [-0.25, -0.2) is 9.48 Å². The Balaban J connectivity index is 2.04. The molecule has 0 aliphatic heterocycles. The Morgan fingerprint density at radius 2 is 2.06 bits per heavy atom. The third kappa shape index (κ3) is 1.82. The zero-order chi connectivity index (χ0) is 11.8. The minimum absolute atomic E-state index is 0.276. The van der Waals surface area contributed by atoms with E-state index in [2.05, 4.69) is 5.10 Å². The molecule has 1 aliphatic rings. The van der Waals surface area contributed by atoms with E-state index in [0.717, 1.165) is 5.69 Å². The second kappa shape index (κ2) is 3.73. The van der Waals surface area contributed by atoms with Crippen molar-refractivity contribution in [2.75, 3.05) is 0 Å². The second-order valence-electron chi connectivity index (χ2n) is 4.28. The van der Waals surface area contributed by atoms with Gasteiger partial charge >= 0.3 is 5.97 Å². The molecule has 1 aliphatic carbocycles. The number of hydrogen-bond acceptors (Lipinski definition) is 2. The molecule has 0 spiro atoms. The number of para-hydroxylation sites is 1. The first kappa shape index (κ1) is 10.1. The molecule has 2 aromatic rings. The van der Waals surface area contributed by atoms with E-state index in [4.69, 9.17) is 5.11 Å². The van der Waals surface area contributed by atoms with Crippen LogP contribution >= 0.6 is 0 Å². The largest absolute Gasteiger partial charge is 0.478 e. The van der Waals surface area contributed by atoms with Gasteiger partial charge in [0.25, 0.3) is 0 Å². The lowest BCUT2D eigenvalue weighted by molar-refractivity contribution is 0.0696. The highest BCUT2D eigenvalue weighted by Crippen LogP contribution is 2.39. The molecule has 0 amide bonds. The van der Waals surface area contributed by atoms with E-state index >= 15 is 0 Å². The van der Waals surface area contributed by atoms with E-state index in [1.807, 2.05) is 18.3 Å². The van der Waals surface area contributed by atoms with Crippen molar-refractivity contribution < 1.29 is 9.90 Å². The molecule has 0 unspecified atom stereocenters. The summed E-state index contributed by atoms with van der Waals surface area (Å²) in [7, 11) is 0. The Labute approximate surface area is 98.5 Å². The summed E-state index contributed by atoms with van der Waals surface area (Å²) in [6.45, 7) is 0. The molecule has 4 nitrogen and oxygen atoms in total. The van der Waals surface area contributed by atoms with Gasteiger partial charge in [0.15, 0.2) is 0 Å². The van der Waals surface area contributed by atoms with E-state index in [9.17, 15) is 4.79 Å². The highest BCUT2D eigenvalue weighted by molar-refractivity contribution is 5.91. The van der Waals surface area contributed by atoms with Crippen molar-refractivity contribution in [3.63, 3.8) is 0 Å². The number of benzene rings is 1. The lowest BCUT2D eigenvalue weighted by atomic mass is 10.2. The van der Waals surface area contributed by atoms with Crippen molar-refractivity contribution in [2.45, 2.75) is 18.8 Å². The summed E-state index contributed by atoms with van der Waals surface area (Å²) in [5.74, 6) is -0.350. The molecule has 1 N–H and O–H groups in total. The molecule has 0 radical (unpaired) electrons. The highest BCUT2D eigenvalue weighted by atomic mass is 16.4. The van der Waals surface area contributed by atoms with Crippen molar-refractivity contribution in [3.8, 4) is 5.69 Å². The topological polar surface area (TPSA) is 55.1 Å². The summed E-state index contributed by atoms with van der Waals surface area (Å²) in [4.78, 5) is 11.1. The van der Waals surface area contributed by atoms with Gasteiger partial charge in [0, 0.05) is 12.1 Å². The van der Waals surface area contributed by atoms with E-state index < -0.39 is 5.97 Å². The average Bonchev–Trinajstić information content (AvgIpc) is 3.07. The molecule has 0 saturated heterocycles. The highest BCUT2D eigenvalue weighted by Gasteiger charge is 2.26. The lowest BCUT2D eigenvalue weighted by Gasteiger charge is -2.05. The first-order valence-corrected chi connectivity index (χ1v) is 5.64. The molecule has 1 aromatic carbocycles.